The van der Waals surface area contributed by atoms with Gasteiger partial charge in [-0.2, -0.15) is 5.10 Å². The molecule has 0 saturated carbocycles. The van der Waals surface area contributed by atoms with E-state index >= 15 is 0 Å². The second kappa shape index (κ2) is 7.55. The third-order valence-corrected chi connectivity index (χ3v) is 3.30. The van der Waals surface area contributed by atoms with E-state index < -0.39 is 5.97 Å². The normalized spacial score (nSPS) is 11.1. The molecule has 0 aliphatic heterocycles. The number of rotatable bonds is 5. The van der Waals surface area contributed by atoms with Crippen LogP contribution in [0, 0.1) is 0 Å². The highest BCUT2D eigenvalue weighted by Crippen LogP contribution is 2.22. The molecule has 0 spiro atoms. The molecule has 120 valence electrons. The van der Waals surface area contributed by atoms with E-state index in [9.17, 15) is 4.79 Å². The molecule has 6 nitrogen and oxygen atoms in total. The van der Waals surface area contributed by atoms with Gasteiger partial charge >= 0.3 is 5.97 Å². The van der Waals surface area contributed by atoms with Crippen LogP contribution in [0.1, 0.15) is 30.0 Å². The molecule has 0 aliphatic rings. The van der Waals surface area contributed by atoms with E-state index in [-0.39, 0.29) is 5.76 Å². The van der Waals surface area contributed by atoms with Gasteiger partial charge in [-0.3, -0.25) is 5.43 Å². The fourth-order valence-corrected chi connectivity index (χ4v) is 2.07. The van der Waals surface area contributed by atoms with Crippen molar-refractivity contribution in [1.29, 1.82) is 0 Å². The van der Waals surface area contributed by atoms with Gasteiger partial charge < -0.3 is 14.8 Å². The minimum Gasteiger partial charge on any atom is -0.475 e. The van der Waals surface area contributed by atoms with Gasteiger partial charge in [-0.05, 0) is 43.8 Å². The molecule has 0 unspecified atom stereocenters. The summed E-state index contributed by atoms with van der Waals surface area (Å²) in [5.41, 5.74) is 5.27. The Morgan fingerprint density at radius 1 is 1.26 bits per heavy atom. The fraction of sp³-hybridized carbons (Fsp3) is 0.188. The standard InChI is InChI=1S/C16H17N3O3S/c1-3-17-16(23)19-18-10(2)11-4-6-12(7-5-11)13-8-9-14(22-13)15(20)21/h4-9H,3H2,1-2H3,(H,20,21)(H2,17,19,23)/b18-10-. The second-order valence-electron chi connectivity index (χ2n) is 4.71. The van der Waals surface area contributed by atoms with Crippen molar-refractivity contribution >= 4 is 29.0 Å². The van der Waals surface area contributed by atoms with Crippen LogP contribution in [0.15, 0.2) is 45.9 Å². The monoisotopic (exact) mass is 331 g/mol. The van der Waals surface area contributed by atoms with Gasteiger partial charge in [0, 0.05) is 12.1 Å². The number of hydrogen-bond acceptors (Lipinski definition) is 4. The predicted molar refractivity (Wildman–Crippen MR) is 92.7 cm³/mol. The maximum Gasteiger partial charge on any atom is 0.371 e. The van der Waals surface area contributed by atoms with Crippen LogP contribution in [0.5, 0.6) is 0 Å². The van der Waals surface area contributed by atoms with Gasteiger partial charge in [0.2, 0.25) is 5.76 Å². The maximum absolute atomic E-state index is 10.8. The maximum atomic E-state index is 10.8. The number of hydrazone groups is 1. The first kappa shape index (κ1) is 16.7. The zero-order valence-electron chi connectivity index (χ0n) is 12.8. The van der Waals surface area contributed by atoms with Crippen molar-refractivity contribution in [2.45, 2.75) is 13.8 Å². The first-order valence-corrected chi connectivity index (χ1v) is 7.44. The van der Waals surface area contributed by atoms with E-state index in [2.05, 4.69) is 15.8 Å². The molecule has 0 amide bonds. The van der Waals surface area contributed by atoms with Gasteiger partial charge in [0.25, 0.3) is 0 Å². The molecule has 7 heteroatoms. The molecular formula is C16H17N3O3S. The Morgan fingerprint density at radius 2 is 1.96 bits per heavy atom. The lowest BCUT2D eigenvalue weighted by molar-refractivity contribution is 0.0663. The van der Waals surface area contributed by atoms with E-state index in [0.717, 1.165) is 23.4 Å². The third kappa shape index (κ3) is 4.40. The van der Waals surface area contributed by atoms with Crippen LogP contribution in [0.4, 0.5) is 0 Å². The minimum absolute atomic E-state index is 0.0806. The summed E-state index contributed by atoms with van der Waals surface area (Å²) >= 11 is 5.04. The molecule has 23 heavy (non-hydrogen) atoms. The Bertz CT molecular complexity index is 735. The highest BCUT2D eigenvalue weighted by molar-refractivity contribution is 7.80. The minimum atomic E-state index is -1.08. The summed E-state index contributed by atoms with van der Waals surface area (Å²) in [6, 6.07) is 10.5. The lowest BCUT2D eigenvalue weighted by Crippen LogP contribution is -2.32. The van der Waals surface area contributed by atoms with Crippen LogP contribution in [0.25, 0.3) is 11.3 Å². The van der Waals surface area contributed by atoms with Crippen molar-refractivity contribution < 1.29 is 14.3 Å². The Kier molecular flexibility index (Phi) is 5.48. The average molecular weight is 331 g/mol. The molecule has 0 atom stereocenters. The first-order valence-electron chi connectivity index (χ1n) is 7.03. The van der Waals surface area contributed by atoms with Crippen LogP contribution in [-0.4, -0.2) is 28.4 Å². The second-order valence-corrected chi connectivity index (χ2v) is 5.12. The van der Waals surface area contributed by atoms with Gasteiger partial charge in [0.1, 0.15) is 5.76 Å². The smallest absolute Gasteiger partial charge is 0.371 e. The Balaban J connectivity index is 2.10. The van der Waals surface area contributed by atoms with Crippen molar-refractivity contribution in [3.05, 3.63) is 47.7 Å². The summed E-state index contributed by atoms with van der Waals surface area (Å²) in [6.07, 6.45) is 0. The SMILES string of the molecule is CCNC(=S)N/N=C(/C)c1ccc(-c2ccc(C(=O)O)o2)cc1. The summed E-state index contributed by atoms with van der Waals surface area (Å²) < 4.78 is 5.27. The van der Waals surface area contributed by atoms with Gasteiger partial charge in [0.05, 0.1) is 5.71 Å². The highest BCUT2D eigenvalue weighted by atomic mass is 32.1. The molecule has 3 N–H and O–H groups in total. The Hall–Kier alpha value is -2.67. The summed E-state index contributed by atoms with van der Waals surface area (Å²) in [5.74, 6) is -0.656. The van der Waals surface area contributed by atoms with E-state index in [4.69, 9.17) is 21.7 Å². The number of thiocarbonyl (C=S) groups is 1. The van der Waals surface area contributed by atoms with Crippen LogP contribution < -0.4 is 10.7 Å². The average Bonchev–Trinajstić information content (AvgIpc) is 3.03. The molecule has 0 radical (unpaired) electrons. The van der Waals surface area contributed by atoms with E-state index in [1.807, 2.05) is 38.1 Å². The molecule has 0 aliphatic carbocycles. The predicted octanol–water partition coefficient (Wildman–Crippen LogP) is 2.85. The molecule has 2 aromatic rings. The van der Waals surface area contributed by atoms with E-state index in [1.165, 1.54) is 6.07 Å². The third-order valence-electron chi connectivity index (χ3n) is 3.07. The molecule has 0 saturated heterocycles. The topological polar surface area (TPSA) is 86.9 Å². The number of benzene rings is 1. The summed E-state index contributed by atoms with van der Waals surface area (Å²) in [5, 5.41) is 16.5. The van der Waals surface area contributed by atoms with Crippen molar-refractivity contribution in [3.63, 3.8) is 0 Å². The number of nitrogens with one attached hydrogen (secondary N) is 2. The number of carboxylic acid groups (broad SMARTS) is 1. The molecule has 1 heterocycles. The van der Waals surface area contributed by atoms with Gasteiger partial charge in [-0.1, -0.05) is 24.3 Å². The van der Waals surface area contributed by atoms with Crippen LogP contribution in [0.2, 0.25) is 0 Å². The zero-order valence-corrected chi connectivity index (χ0v) is 13.6. The lowest BCUT2D eigenvalue weighted by Gasteiger charge is -2.06. The number of aromatic carboxylic acids is 1. The number of hydrogen-bond donors (Lipinski definition) is 3. The summed E-state index contributed by atoms with van der Waals surface area (Å²) in [6.45, 7) is 4.55. The molecule has 2 rings (SSSR count). The summed E-state index contributed by atoms with van der Waals surface area (Å²) in [7, 11) is 0. The summed E-state index contributed by atoms with van der Waals surface area (Å²) in [4.78, 5) is 10.8. The number of carbonyl (C=O) groups is 1. The van der Waals surface area contributed by atoms with Crippen LogP contribution >= 0.6 is 12.2 Å². The quantitative estimate of drug-likeness (QED) is 0.444. The Morgan fingerprint density at radius 3 is 2.52 bits per heavy atom. The lowest BCUT2D eigenvalue weighted by atomic mass is 10.1. The number of nitrogens with zero attached hydrogens (tertiary/aromatic N) is 1. The molecule has 0 fully saturated rings. The van der Waals surface area contributed by atoms with E-state index in [0.29, 0.717) is 10.9 Å². The van der Waals surface area contributed by atoms with Gasteiger partial charge in [-0.15, -0.1) is 0 Å². The van der Waals surface area contributed by atoms with Crippen molar-refractivity contribution in [2.24, 2.45) is 5.10 Å². The first-order chi connectivity index (χ1) is 11.0. The molecule has 1 aromatic heterocycles. The number of furan rings is 1. The van der Waals surface area contributed by atoms with Crippen molar-refractivity contribution in [1.82, 2.24) is 10.7 Å². The molecular weight excluding hydrogens is 314 g/mol. The molecule has 0 bridgehead atoms. The van der Waals surface area contributed by atoms with Crippen molar-refractivity contribution in [2.75, 3.05) is 6.54 Å². The Labute approximate surface area is 139 Å². The van der Waals surface area contributed by atoms with Crippen molar-refractivity contribution in [3.8, 4) is 11.3 Å². The fourth-order valence-electron chi connectivity index (χ4n) is 1.88. The van der Waals surface area contributed by atoms with E-state index in [1.54, 1.807) is 6.07 Å². The largest absolute Gasteiger partial charge is 0.475 e. The van der Waals surface area contributed by atoms with Crippen LogP contribution in [0.3, 0.4) is 0 Å². The molecule has 1 aromatic carbocycles. The number of carboxylic acids is 1. The van der Waals surface area contributed by atoms with Gasteiger partial charge in [0.15, 0.2) is 5.11 Å². The van der Waals surface area contributed by atoms with Gasteiger partial charge in [-0.25, -0.2) is 4.79 Å². The highest BCUT2D eigenvalue weighted by Gasteiger charge is 2.10. The zero-order chi connectivity index (χ0) is 16.8. The van der Waals surface area contributed by atoms with Crippen LogP contribution in [-0.2, 0) is 0 Å².